The van der Waals surface area contributed by atoms with Crippen molar-refractivity contribution in [1.82, 2.24) is 0 Å². The van der Waals surface area contributed by atoms with Crippen molar-refractivity contribution in [3.63, 3.8) is 0 Å². The lowest BCUT2D eigenvalue weighted by Gasteiger charge is -2.33. The minimum Gasteiger partial charge on any atom is -0.327 e. The number of alkyl halides is 2. The largest absolute Gasteiger partial charge is 0.327 e. The minimum absolute atomic E-state index is 0.0270. The summed E-state index contributed by atoms with van der Waals surface area (Å²) in [6, 6.07) is -0.288. The van der Waals surface area contributed by atoms with E-state index >= 15 is 0 Å². The van der Waals surface area contributed by atoms with E-state index in [2.05, 4.69) is 0 Å². The molecule has 1 rings (SSSR count). The summed E-state index contributed by atoms with van der Waals surface area (Å²) in [5, 5.41) is 0. The molecule has 0 aromatic carbocycles. The Morgan fingerprint density at radius 3 is 2.64 bits per heavy atom. The number of nitrogens with two attached hydrogens (primary N) is 1. The number of halogens is 2. The molecule has 0 spiro atoms. The smallest absolute Gasteiger partial charge is 0.249 e. The van der Waals surface area contributed by atoms with Gasteiger partial charge in [0.1, 0.15) is 0 Å². The van der Waals surface area contributed by atoms with E-state index in [-0.39, 0.29) is 18.9 Å². The number of rotatable bonds is 1. The van der Waals surface area contributed by atoms with Crippen LogP contribution in [0.3, 0.4) is 0 Å². The third-order valence-corrected chi connectivity index (χ3v) is 2.55. The summed E-state index contributed by atoms with van der Waals surface area (Å²) in [6.45, 7) is 2.01. The Kier molecular flexibility index (Phi) is 2.47. The molecule has 0 heterocycles. The van der Waals surface area contributed by atoms with Gasteiger partial charge < -0.3 is 5.73 Å². The van der Waals surface area contributed by atoms with Gasteiger partial charge in [-0.2, -0.15) is 0 Å². The fourth-order valence-electron chi connectivity index (χ4n) is 1.73. The first-order chi connectivity index (χ1) is 5.05. The summed E-state index contributed by atoms with van der Waals surface area (Å²) in [5.74, 6) is -2.18. The zero-order chi connectivity index (χ0) is 8.48. The highest BCUT2D eigenvalue weighted by Gasteiger charge is 2.38. The predicted octanol–water partition coefficient (Wildman–Crippen LogP) is 2.16. The van der Waals surface area contributed by atoms with Gasteiger partial charge in [-0.3, -0.25) is 0 Å². The molecule has 0 aromatic heterocycles. The standard InChI is InChI=1S/C8H15F2N/c1-2-6-3-4-8(9,10)5-7(6)11/h6-7H,2-5,11H2,1H3/t6-,7+/m1/s1. The summed E-state index contributed by atoms with van der Waals surface area (Å²) in [7, 11) is 0. The third-order valence-electron chi connectivity index (χ3n) is 2.55. The molecule has 1 aliphatic carbocycles. The van der Waals surface area contributed by atoms with Gasteiger partial charge in [0.2, 0.25) is 5.92 Å². The van der Waals surface area contributed by atoms with Crippen LogP contribution >= 0.6 is 0 Å². The molecule has 2 N–H and O–H groups in total. The summed E-state index contributed by atoms with van der Waals surface area (Å²) in [5.41, 5.74) is 5.59. The van der Waals surface area contributed by atoms with E-state index < -0.39 is 5.92 Å². The van der Waals surface area contributed by atoms with Crippen LogP contribution in [-0.2, 0) is 0 Å². The maximum Gasteiger partial charge on any atom is 0.249 e. The van der Waals surface area contributed by atoms with Crippen molar-refractivity contribution in [3.05, 3.63) is 0 Å². The summed E-state index contributed by atoms with van der Waals surface area (Å²) in [6.07, 6.45) is 1.42. The zero-order valence-electron chi connectivity index (χ0n) is 6.82. The van der Waals surface area contributed by atoms with Gasteiger partial charge in [-0.1, -0.05) is 13.3 Å². The Bertz CT molecular complexity index is 136. The van der Waals surface area contributed by atoms with Gasteiger partial charge in [-0.15, -0.1) is 0 Å². The molecule has 66 valence electrons. The highest BCUT2D eigenvalue weighted by atomic mass is 19.3. The van der Waals surface area contributed by atoms with Crippen LogP contribution in [0.2, 0.25) is 0 Å². The van der Waals surface area contributed by atoms with Gasteiger partial charge in [0.15, 0.2) is 0 Å². The Labute approximate surface area is 66.0 Å². The first-order valence-electron chi connectivity index (χ1n) is 4.18. The van der Waals surface area contributed by atoms with Gasteiger partial charge in [-0.05, 0) is 12.3 Å². The monoisotopic (exact) mass is 163 g/mol. The van der Waals surface area contributed by atoms with Crippen LogP contribution in [0.15, 0.2) is 0 Å². The molecule has 0 bridgehead atoms. The molecule has 0 amide bonds. The maximum atomic E-state index is 12.7. The van der Waals surface area contributed by atoms with Crippen molar-refractivity contribution in [2.24, 2.45) is 11.7 Å². The zero-order valence-corrected chi connectivity index (χ0v) is 6.82. The van der Waals surface area contributed by atoms with Gasteiger partial charge in [-0.25, -0.2) is 8.78 Å². The second-order valence-corrected chi connectivity index (χ2v) is 3.43. The Hall–Kier alpha value is -0.180. The van der Waals surface area contributed by atoms with Crippen LogP contribution in [0.4, 0.5) is 8.78 Å². The van der Waals surface area contributed by atoms with Gasteiger partial charge in [0.25, 0.3) is 0 Å². The second-order valence-electron chi connectivity index (χ2n) is 3.43. The van der Waals surface area contributed by atoms with Crippen molar-refractivity contribution < 1.29 is 8.78 Å². The maximum absolute atomic E-state index is 12.7. The molecule has 0 unspecified atom stereocenters. The topological polar surface area (TPSA) is 26.0 Å². The molecule has 1 nitrogen and oxygen atoms in total. The van der Waals surface area contributed by atoms with Crippen LogP contribution in [0.5, 0.6) is 0 Å². The van der Waals surface area contributed by atoms with E-state index in [4.69, 9.17) is 5.73 Å². The molecule has 2 atom stereocenters. The normalized spacial score (nSPS) is 37.1. The average Bonchev–Trinajstić information content (AvgIpc) is 1.86. The van der Waals surface area contributed by atoms with E-state index in [0.717, 1.165) is 6.42 Å². The van der Waals surface area contributed by atoms with Crippen molar-refractivity contribution >= 4 is 0 Å². The van der Waals surface area contributed by atoms with Crippen molar-refractivity contribution in [2.45, 2.75) is 44.6 Å². The Morgan fingerprint density at radius 1 is 1.55 bits per heavy atom. The van der Waals surface area contributed by atoms with E-state index in [1.807, 2.05) is 6.92 Å². The SMILES string of the molecule is CC[C@@H]1CCC(F)(F)C[C@@H]1N. The Morgan fingerprint density at radius 2 is 2.18 bits per heavy atom. The molecular weight excluding hydrogens is 148 g/mol. The molecule has 1 fully saturated rings. The molecule has 0 aliphatic heterocycles. The Balaban J connectivity index is 2.48. The lowest BCUT2D eigenvalue weighted by molar-refractivity contribution is -0.0534. The molecular formula is C8H15F2N. The van der Waals surface area contributed by atoms with E-state index in [9.17, 15) is 8.78 Å². The van der Waals surface area contributed by atoms with Crippen LogP contribution in [0, 0.1) is 5.92 Å². The third kappa shape index (κ3) is 2.12. The molecule has 0 radical (unpaired) electrons. The van der Waals surface area contributed by atoms with E-state index in [0.29, 0.717) is 12.3 Å². The second kappa shape index (κ2) is 3.05. The fourth-order valence-corrected chi connectivity index (χ4v) is 1.73. The summed E-state index contributed by atoms with van der Waals surface area (Å²) in [4.78, 5) is 0. The van der Waals surface area contributed by atoms with Crippen molar-refractivity contribution in [1.29, 1.82) is 0 Å². The van der Waals surface area contributed by atoms with Crippen molar-refractivity contribution in [3.8, 4) is 0 Å². The highest BCUT2D eigenvalue weighted by Crippen LogP contribution is 2.36. The fraction of sp³-hybridized carbons (Fsp3) is 1.00. The van der Waals surface area contributed by atoms with Crippen molar-refractivity contribution in [2.75, 3.05) is 0 Å². The van der Waals surface area contributed by atoms with Gasteiger partial charge >= 0.3 is 0 Å². The van der Waals surface area contributed by atoms with Gasteiger partial charge in [0.05, 0.1) is 0 Å². The van der Waals surface area contributed by atoms with Crippen LogP contribution in [0.25, 0.3) is 0 Å². The van der Waals surface area contributed by atoms with E-state index in [1.54, 1.807) is 0 Å². The molecule has 1 aliphatic rings. The summed E-state index contributed by atoms with van der Waals surface area (Å²) >= 11 is 0. The minimum atomic E-state index is -2.49. The quantitative estimate of drug-likeness (QED) is 0.629. The predicted molar refractivity (Wildman–Crippen MR) is 40.6 cm³/mol. The van der Waals surface area contributed by atoms with Gasteiger partial charge in [0, 0.05) is 18.9 Å². The first kappa shape index (κ1) is 8.91. The highest BCUT2D eigenvalue weighted by molar-refractivity contribution is 4.85. The van der Waals surface area contributed by atoms with E-state index in [1.165, 1.54) is 0 Å². The molecule has 0 aromatic rings. The molecule has 0 saturated heterocycles. The first-order valence-corrected chi connectivity index (χ1v) is 4.18. The number of hydrogen-bond donors (Lipinski definition) is 1. The average molecular weight is 163 g/mol. The van der Waals surface area contributed by atoms with Crippen LogP contribution in [-0.4, -0.2) is 12.0 Å². The van der Waals surface area contributed by atoms with Crippen LogP contribution in [0.1, 0.15) is 32.6 Å². The van der Waals surface area contributed by atoms with Crippen LogP contribution < -0.4 is 5.73 Å². The summed E-state index contributed by atoms with van der Waals surface area (Å²) < 4.78 is 25.4. The molecule has 3 heteroatoms. The lowest BCUT2D eigenvalue weighted by Crippen LogP contribution is -2.41. The molecule has 1 saturated carbocycles. The lowest BCUT2D eigenvalue weighted by atomic mass is 9.81. The number of hydrogen-bond acceptors (Lipinski definition) is 1. The molecule has 11 heavy (non-hydrogen) atoms.